The van der Waals surface area contributed by atoms with Gasteiger partial charge in [-0.15, -0.1) is 0 Å². The van der Waals surface area contributed by atoms with Crippen LogP contribution in [-0.4, -0.2) is 46.6 Å². The van der Waals surface area contributed by atoms with Gasteiger partial charge >= 0.3 is 11.9 Å². The number of carbonyl (C=O) groups excluding carboxylic acids is 2. The Bertz CT molecular complexity index is 1180. The minimum atomic E-state index is -0.342. The van der Waals surface area contributed by atoms with Crippen LogP contribution < -0.4 is 0 Å². The Morgan fingerprint density at radius 2 is 1.09 bits per heavy atom. The zero-order valence-electron chi connectivity index (χ0n) is 19.8. The Morgan fingerprint density at radius 1 is 0.686 bits per heavy atom. The summed E-state index contributed by atoms with van der Waals surface area (Å²) in [5.74, 6) is 0.551. The number of hydrogen-bond donors (Lipinski definition) is 2. The molecule has 0 saturated carbocycles. The first kappa shape index (κ1) is 24.4. The molecule has 0 aliphatic heterocycles. The molecule has 0 amide bonds. The first-order valence-electron chi connectivity index (χ1n) is 11.4. The van der Waals surface area contributed by atoms with Gasteiger partial charge in [0.25, 0.3) is 0 Å². The summed E-state index contributed by atoms with van der Waals surface area (Å²) < 4.78 is 11.0. The Labute approximate surface area is 209 Å². The van der Waals surface area contributed by atoms with Gasteiger partial charge in [0.2, 0.25) is 0 Å². The summed E-state index contributed by atoms with van der Waals surface area (Å²) in [6.45, 7) is 4.29. The number of aryl methyl sites for hydroxylation is 2. The van der Waals surface area contributed by atoms with Crippen LogP contribution in [0, 0.1) is 13.8 Å². The molecule has 0 spiro atoms. The number of thioether (sulfide) groups is 1. The van der Waals surface area contributed by atoms with Crippen molar-refractivity contribution < 1.29 is 19.1 Å². The lowest BCUT2D eigenvalue weighted by Crippen LogP contribution is -2.12. The molecule has 0 unspecified atom stereocenters. The number of ether oxygens (including phenoxy) is 2. The number of nitrogens with one attached hydrogen (secondary N) is 2. The molecular weight excluding hydrogens is 460 g/mol. The molecule has 2 N–H and O–H groups in total. The summed E-state index contributed by atoms with van der Waals surface area (Å²) in [6, 6.07) is 19.5. The molecule has 2 aromatic carbocycles. The topological polar surface area (TPSA) is 84.2 Å². The van der Waals surface area contributed by atoms with Crippen LogP contribution in [0.3, 0.4) is 0 Å². The van der Waals surface area contributed by atoms with Crippen LogP contribution in [0.5, 0.6) is 0 Å². The van der Waals surface area contributed by atoms with Gasteiger partial charge in [-0.3, -0.25) is 0 Å². The quantitative estimate of drug-likeness (QED) is 0.210. The highest BCUT2D eigenvalue weighted by molar-refractivity contribution is 7.99. The lowest BCUT2D eigenvalue weighted by atomic mass is 10.0. The van der Waals surface area contributed by atoms with E-state index >= 15 is 0 Å². The van der Waals surface area contributed by atoms with Gasteiger partial charge < -0.3 is 19.4 Å². The summed E-state index contributed by atoms with van der Waals surface area (Å²) in [4.78, 5) is 31.6. The van der Waals surface area contributed by atoms with Crippen molar-refractivity contribution in [1.29, 1.82) is 0 Å². The number of esters is 2. The summed E-state index contributed by atoms with van der Waals surface area (Å²) in [5, 5.41) is 0. The molecule has 4 rings (SSSR count). The van der Waals surface area contributed by atoms with Gasteiger partial charge in [-0.2, -0.15) is 11.8 Å². The van der Waals surface area contributed by atoms with E-state index in [9.17, 15) is 9.59 Å². The van der Waals surface area contributed by atoms with Gasteiger partial charge in [-0.05, 0) is 25.0 Å². The predicted molar refractivity (Wildman–Crippen MR) is 140 cm³/mol. The zero-order valence-corrected chi connectivity index (χ0v) is 20.6. The highest BCUT2D eigenvalue weighted by Crippen LogP contribution is 2.28. The van der Waals surface area contributed by atoms with Gasteiger partial charge in [-0.1, -0.05) is 60.7 Å². The molecule has 2 aromatic heterocycles. The van der Waals surface area contributed by atoms with Crippen molar-refractivity contribution >= 4 is 23.7 Å². The second kappa shape index (κ2) is 11.6. The van der Waals surface area contributed by atoms with Crippen molar-refractivity contribution in [2.24, 2.45) is 0 Å². The number of aromatic amines is 2. The van der Waals surface area contributed by atoms with Crippen LogP contribution in [0.2, 0.25) is 0 Å². The normalized spacial score (nSPS) is 10.8. The largest absolute Gasteiger partial charge is 0.461 e. The van der Waals surface area contributed by atoms with Crippen LogP contribution in [0.15, 0.2) is 73.1 Å². The maximum Gasteiger partial charge on any atom is 0.340 e. The lowest BCUT2D eigenvalue weighted by molar-refractivity contribution is 0.0525. The molecule has 180 valence electrons. The van der Waals surface area contributed by atoms with Crippen molar-refractivity contribution in [3.63, 3.8) is 0 Å². The van der Waals surface area contributed by atoms with Crippen molar-refractivity contribution in [2.75, 3.05) is 24.7 Å². The van der Waals surface area contributed by atoms with Crippen molar-refractivity contribution in [3.8, 4) is 22.3 Å². The summed E-state index contributed by atoms with van der Waals surface area (Å²) in [6.07, 6.45) is 3.67. The molecule has 4 aromatic rings. The number of carbonyl (C=O) groups is 2. The summed E-state index contributed by atoms with van der Waals surface area (Å²) in [7, 11) is 0. The van der Waals surface area contributed by atoms with Crippen LogP contribution in [0.4, 0.5) is 0 Å². The van der Waals surface area contributed by atoms with E-state index in [0.717, 1.165) is 33.6 Å². The van der Waals surface area contributed by atoms with E-state index in [-0.39, 0.29) is 25.2 Å². The molecule has 0 aliphatic rings. The third kappa shape index (κ3) is 5.87. The van der Waals surface area contributed by atoms with E-state index in [1.165, 1.54) is 0 Å². The molecule has 6 nitrogen and oxygen atoms in total. The maximum atomic E-state index is 12.7. The van der Waals surface area contributed by atoms with E-state index in [4.69, 9.17) is 9.47 Å². The first-order chi connectivity index (χ1) is 17.1. The van der Waals surface area contributed by atoms with Gasteiger partial charge in [0, 0.05) is 46.4 Å². The third-order valence-corrected chi connectivity index (χ3v) is 6.56. The molecule has 35 heavy (non-hydrogen) atoms. The second-order valence-electron chi connectivity index (χ2n) is 8.02. The van der Waals surface area contributed by atoms with E-state index in [1.54, 1.807) is 11.8 Å². The van der Waals surface area contributed by atoms with E-state index < -0.39 is 0 Å². The van der Waals surface area contributed by atoms with Gasteiger partial charge in [0.1, 0.15) is 13.2 Å². The molecule has 0 radical (unpaired) electrons. The third-order valence-electron chi connectivity index (χ3n) is 5.65. The van der Waals surface area contributed by atoms with Crippen LogP contribution in [0.25, 0.3) is 22.3 Å². The molecule has 0 fully saturated rings. The number of hydrogen-bond acceptors (Lipinski definition) is 5. The molecule has 0 saturated heterocycles. The van der Waals surface area contributed by atoms with Crippen molar-refractivity contribution in [3.05, 3.63) is 95.6 Å². The Morgan fingerprint density at radius 3 is 1.49 bits per heavy atom. The fraction of sp³-hybridized carbons (Fsp3) is 0.214. The first-order valence-corrected chi connectivity index (χ1v) is 12.6. The van der Waals surface area contributed by atoms with Gasteiger partial charge in [-0.25, -0.2) is 9.59 Å². The highest BCUT2D eigenvalue weighted by Gasteiger charge is 2.20. The minimum Gasteiger partial charge on any atom is -0.461 e. The van der Waals surface area contributed by atoms with Gasteiger partial charge in [0.15, 0.2) is 0 Å². The highest BCUT2D eigenvalue weighted by atomic mass is 32.2. The lowest BCUT2D eigenvalue weighted by Gasteiger charge is -2.09. The van der Waals surface area contributed by atoms with Crippen molar-refractivity contribution in [1.82, 2.24) is 9.97 Å². The molecular formula is C28H28N2O4S. The van der Waals surface area contributed by atoms with Crippen LogP contribution in [0.1, 0.15) is 32.1 Å². The predicted octanol–water partition coefficient (Wildman–Crippen LogP) is 6.04. The summed E-state index contributed by atoms with van der Waals surface area (Å²) >= 11 is 1.57. The number of rotatable bonds is 10. The van der Waals surface area contributed by atoms with Crippen LogP contribution >= 0.6 is 11.8 Å². The van der Waals surface area contributed by atoms with E-state index in [0.29, 0.717) is 22.6 Å². The fourth-order valence-electron chi connectivity index (χ4n) is 3.90. The average Bonchev–Trinajstić information content (AvgIpc) is 3.46. The fourth-order valence-corrected chi connectivity index (χ4v) is 4.51. The Kier molecular flexibility index (Phi) is 8.11. The number of aromatic nitrogens is 2. The van der Waals surface area contributed by atoms with Crippen molar-refractivity contribution in [2.45, 2.75) is 13.8 Å². The average molecular weight is 489 g/mol. The molecule has 0 bridgehead atoms. The SMILES string of the molecule is Cc1[nH]cc(-c2ccccc2)c1C(=O)OCCSCCOC(=O)c1c(-c2ccccc2)c[nH]c1C. The van der Waals surface area contributed by atoms with Gasteiger partial charge in [0.05, 0.1) is 11.1 Å². The molecule has 7 heteroatoms. The van der Waals surface area contributed by atoms with E-state index in [1.807, 2.05) is 86.9 Å². The number of H-pyrrole nitrogens is 2. The minimum absolute atomic E-state index is 0.283. The Balaban J connectivity index is 1.21. The number of benzene rings is 2. The Hall–Kier alpha value is -3.71. The zero-order chi connectivity index (χ0) is 24.6. The molecule has 2 heterocycles. The van der Waals surface area contributed by atoms with E-state index in [2.05, 4.69) is 9.97 Å². The second-order valence-corrected chi connectivity index (χ2v) is 9.25. The van der Waals surface area contributed by atoms with Crippen LogP contribution in [-0.2, 0) is 9.47 Å². The molecule has 0 atom stereocenters. The standard InChI is InChI=1S/C28H28N2O4S/c1-19-25(23(17-29-19)21-9-5-3-6-10-21)27(31)33-13-15-35-16-14-34-28(32)26-20(2)30-18-24(26)22-11-7-4-8-12-22/h3-12,17-18,29-30H,13-16H2,1-2H3. The smallest absolute Gasteiger partial charge is 0.340 e. The molecule has 0 aliphatic carbocycles. The monoisotopic (exact) mass is 488 g/mol. The maximum absolute atomic E-state index is 12.7. The summed E-state index contributed by atoms with van der Waals surface area (Å²) in [5.41, 5.74) is 6.29.